The molecule has 1 atom stereocenters. The van der Waals surface area contributed by atoms with Gasteiger partial charge in [0.2, 0.25) is 5.79 Å². The topological polar surface area (TPSA) is 38.7 Å². The van der Waals surface area contributed by atoms with Crippen molar-refractivity contribution in [2.24, 2.45) is 0 Å². The Morgan fingerprint density at radius 1 is 1.64 bits per heavy atom. The Kier molecular flexibility index (Phi) is 1.91. The highest BCUT2D eigenvalue weighted by molar-refractivity contribution is 5.21. The van der Waals surface area contributed by atoms with Gasteiger partial charge in [0.15, 0.2) is 0 Å². The second kappa shape index (κ2) is 2.58. The van der Waals surface area contributed by atoms with Gasteiger partial charge >= 0.3 is 0 Å². The summed E-state index contributed by atoms with van der Waals surface area (Å²) in [6, 6.07) is 0. The predicted molar refractivity (Wildman–Crippen MR) is 40.6 cm³/mol. The third-order valence-corrected chi connectivity index (χ3v) is 1.36. The first kappa shape index (κ1) is 8.14. The summed E-state index contributed by atoms with van der Waals surface area (Å²) in [5, 5.41) is 9.43. The van der Waals surface area contributed by atoms with Crippen LogP contribution in [0.25, 0.3) is 0 Å². The quantitative estimate of drug-likeness (QED) is 0.619. The molecular formula is C8H12O3. The molecule has 1 aliphatic heterocycles. The second-order valence-corrected chi connectivity index (χ2v) is 2.66. The maximum Gasteiger partial charge on any atom is 0.228 e. The second-order valence-electron chi connectivity index (χ2n) is 2.66. The van der Waals surface area contributed by atoms with Gasteiger partial charge in [-0.2, -0.15) is 0 Å². The van der Waals surface area contributed by atoms with Crippen molar-refractivity contribution < 1.29 is 14.6 Å². The SMILES string of the molecule is COC1=CC(C)(O)OC(C)=C1. The first-order valence-electron chi connectivity index (χ1n) is 3.40. The van der Waals surface area contributed by atoms with Crippen molar-refractivity contribution in [3.8, 4) is 0 Å². The maximum absolute atomic E-state index is 9.43. The van der Waals surface area contributed by atoms with Gasteiger partial charge in [0.05, 0.1) is 7.11 Å². The van der Waals surface area contributed by atoms with E-state index in [2.05, 4.69) is 0 Å². The van der Waals surface area contributed by atoms with E-state index in [1.165, 1.54) is 6.08 Å². The fraction of sp³-hybridized carbons (Fsp3) is 0.500. The molecule has 0 bridgehead atoms. The molecule has 0 spiro atoms. The van der Waals surface area contributed by atoms with E-state index in [1.807, 2.05) is 0 Å². The molecule has 1 rings (SSSR count). The molecule has 1 N–H and O–H groups in total. The first-order valence-corrected chi connectivity index (χ1v) is 3.40. The molecule has 0 aromatic heterocycles. The van der Waals surface area contributed by atoms with Gasteiger partial charge in [0, 0.05) is 19.1 Å². The molecule has 3 nitrogen and oxygen atoms in total. The van der Waals surface area contributed by atoms with Crippen LogP contribution >= 0.6 is 0 Å². The zero-order chi connectivity index (χ0) is 8.48. The van der Waals surface area contributed by atoms with Gasteiger partial charge in [-0.05, 0) is 6.92 Å². The van der Waals surface area contributed by atoms with Crippen molar-refractivity contribution in [3.05, 3.63) is 23.7 Å². The minimum Gasteiger partial charge on any atom is -0.497 e. The van der Waals surface area contributed by atoms with Crippen molar-refractivity contribution in [2.75, 3.05) is 7.11 Å². The Labute approximate surface area is 65.9 Å². The molecule has 0 radical (unpaired) electrons. The van der Waals surface area contributed by atoms with Crippen molar-refractivity contribution in [1.29, 1.82) is 0 Å². The Morgan fingerprint density at radius 3 is 2.73 bits per heavy atom. The largest absolute Gasteiger partial charge is 0.497 e. The predicted octanol–water partition coefficient (Wildman–Crippen LogP) is 1.16. The molecular weight excluding hydrogens is 144 g/mol. The monoisotopic (exact) mass is 156 g/mol. The van der Waals surface area contributed by atoms with Gasteiger partial charge in [-0.1, -0.05) is 0 Å². The summed E-state index contributed by atoms with van der Waals surface area (Å²) in [4.78, 5) is 0. The normalized spacial score (nSPS) is 30.2. The minimum atomic E-state index is -1.23. The molecule has 0 aliphatic carbocycles. The van der Waals surface area contributed by atoms with Gasteiger partial charge in [-0.3, -0.25) is 0 Å². The summed E-state index contributed by atoms with van der Waals surface area (Å²) in [5.74, 6) is 0.0394. The maximum atomic E-state index is 9.43. The van der Waals surface area contributed by atoms with Crippen LogP contribution in [-0.2, 0) is 9.47 Å². The van der Waals surface area contributed by atoms with Crippen LogP contribution in [0.2, 0.25) is 0 Å². The summed E-state index contributed by atoms with van der Waals surface area (Å²) >= 11 is 0. The molecule has 0 amide bonds. The summed E-state index contributed by atoms with van der Waals surface area (Å²) in [5.41, 5.74) is 0. The van der Waals surface area contributed by atoms with Gasteiger partial charge < -0.3 is 14.6 Å². The number of allylic oxidation sites excluding steroid dienone is 2. The number of hydrogen-bond acceptors (Lipinski definition) is 3. The zero-order valence-corrected chi connectivity index (χ0v) is 6.92. The molecule has 0 saturated heterocycles. The molecule has 1 unspecified atom stereocenters. The van der Waals surface area contributed by atoms with Gasteiger partial charge in [-0.25, -0.2) is 0 Å². The van der Waals surface area contributed by atoms with E-state index in [4.69, 9.17) is 9.47 Å². The Morgan fingerprint density at radius 2 is 2.27 bits per heavy atom. The summed E-state index contributed by atoms with van der Waals surface area (Å²) < 4.78 is 10.0. The lowest BCUT2D eigenvalue weighted by atomic mass is 10.2. The number of hydrogen-bond donors (Lipinski definition) is 1. The number of aliphatic hydroxyl groups is 1. The average Bonchev–Trinajstić information content (AvgIpc) is 1.83. The molecule has 62 valence electrons. The van der Waals surface area contributed by atoms with Gasteiger partial charge in [0.25, 0.3) is 0 Å². The van der Waals surface area contributed by atoms with Crippen LogP contribution in [0.15, 0.2) is 23.7 Å². The summed E-state index contributed by atoms with van der Waals surface area (Å²) in [7, 11) is 1.55. The van der Waals surface area contributed by atoms with Crippen LogP contribution in [0, 0.1) is 0 Å². The molecule has 1 heterocycles. The van der Waals surface area contributed by atoms with Crippen LogP contribution in [0.3, 0.4) is 0 Å². The van der Waals surface area contributed by atoms with E-state index < -0.39 is 5.79 Å². The highest BCUT2D eigenvalue weighted by atomic mass is 16.6. The smallest absolute Gasteiger partial charge is 0.228 e. The van der Waals surface area contributed by atoms with Crippen LogP contribution in [0.4, 0.5) is 0 Å². The Bertz CT molecular complexity index is 213. The van der Waals surface area contributed by atoms with Gasteiger partial charge in [-0.15, -0.1) is 0 Å². The van der Waals surface area contributed by atoms with Crippen molar-refractivity contribution in [2.45, 2.75) is 19.6 Å². The first-order chi connectivity index (χ1) is 5.03. The van der Waals surface area contributed by atoms with Crippen molar-refractivity contribution >= 4 is 0 Å². The fourth-order valence-electron chi connectivity index (χ4n) is 1.01. The molecule has 1 aliphatic rings. The van der Waals surface area contributed by atoms with E-state index >= 15 is 0 Å². The van der Waals surface area contributed by atoms with E-state index in [0.29, 0.717) is 11.5 Å². The van der Waals surface area contributed by atoms with Crippen LogP contribution < -0.4 is 0 Å². The van der Waals surface area contributed by atoms with Crippen LogP contribution in [0.1, 0.15) is 13.8 Å². The molecule has 0 fully saturated rings. The molecule has 3 heteroatoms. The van der Waals surface area contributed by atoms with Crippen molar-refractivity contribution in [3.63, 3.8) is 0 Å². The number of methoxy groups -OCH3 is 1. The van der Waals surface area contributed by atoms with E-state index in [-0.39, 0.29) is 0 Å². The lowest BCUT2D eigenvalue weighted by Crippen LogP contribution is -2.27. The highest BCUT2D eigenvalue weighted by Gasteiger charge is 2.23. The lowest BCUT2D eigenvalue weighted by molar-refractivity contribution is -0.126. The lowest BCUT2D eigenvalue weighted by Gasteiger charge is -2.25. The van der Waals surface area contributed by atoms with Crippen LogP contribution in [0.5, 0.6) is 0 Å². The fourth-order valence-corrected chi connectivity index (χ4v) is 1.01. The molecule has 0 saturated carbocycles. The van der Waals surface area contributed by atoms with E-state index in [1.54, 1.807) is 27.0 Å². The van der Waals surface area contributed by atoms with Crippen molar-refractivity contribution in [1.82, 2.24) is 0 Å². The van der Waals surface area contributed by atoms with E-state index in [9.17, 15) is 5.11 Å². The standard InChI is InChI=1S/C8H12O3/c1-6-4-7(10-3)5-8(2,9)11-6/h4-5,9H,1-3H3. The average molecular weight is 156 g/mol. The molecule has 0 aromatic carbocycles. The Hall–Kier alpha value is -0.960. The summed E-state index contributed by atoms with van der Waals surface area (Å²) in [6.45, 7) is 3.32. The Balaban J connectivity index is 2.86. The minimum absolute atomic E-state index is 0.624. The molecule has 11 heavy (non-hydrogen) atoms. The van der Waals surface area contributed by atoms with Gasteiger partial charge in [0.1, 0.15) is 11.5 Å². The van der Waals surface area contributed by atoms with E-state index in [0.717, 1.165) is 0 Å². The zero-order valence-electron chi connectivity index (χ0n) is 6.92. The summed E-state index contributed by atoms with van der Waals surface area (Å²) in [6.07, 6.45) is 3.23. The third-order valence-electron chi connectivity index (χ3n) is 1.36. The van der Waals surface area contributed by atoms with Crippen LogP contribution in [-0.4, -0.2) is 18.0 Å². The number of rotatable bonds is 1. The highest BCUT2D eigenvalue weighted by Crippen LogP contribution is 2.22. The number of ether oxygens (including phenoxy) is 2. The third kappa shape index (κ3) is 1.98. The molecule has 0 aromatic rings.